The lowest BCUT2D eigenvalue weighted by Gasteiger charge is -2.25. The van der Waals surface area contributed by atoms with Crippen LogP contribution in [0.25, 0.3) is 11.0 Å². The molecule has 24 heavy (non-hydrogen) atoms. The molecule has 0 spiro atoms. The van der Waals surface area contributed by atoms with E-state index >= 15 is 0 Å². The van der Waals surface area contributed by atoms with E-state index < -0.39 is 5.63 Å². The lowest BCUT2D eigenvalue weighted by Crippen LogP contribution is -2.32. The van der Waals surface area contributed by atoms with Gasteiger partial charge in [-0.05, 0) is 36.8 Å². The highest BCUT2D eigenvalue weighted by atomic mass is 35.5. The Hall–Kier alpha value is -2.59. The molecule has 1 aromatic heterocycles. The van der Waals surface area contributed by atoms with Crippen molar-refractivity contribution in [2.45, 2.75) is 13.0 Å². The molecule has 1 amide bonds. The van der Waals surface area contributed by atoms with Gasteiger partial charge < -0.3 is 9.32 Å². The first kappa shape index (κ1) is 16.3. The van der Waals surface area contributed by atoms with Crippen molar-refractivity contribution in [3.63, 3.8) is 0 Å². The van der Waals surface area contributed by atoms with Gasteiger partial charge in [-0.25, -0.2) is 4.79 Å². The van der Waals surface area contributed by atoms with Crippen LogP contribution in [-0.4, -0.2) is 17.9 Å². The summed E-state index contributed by atoms with van der Waals surface area (Å²) in [5.74, 6) is -0.378. The zero-order valence-corrected chi connectivity index (χ0v) is 14.1. The van der Waals surface area contributed by atoms with E-state index in [1.807, 2.05) is 25.1 Å². The summed E-state index contributed by atoms with van der Waals surface area (Å²) in [5.41, 5.74) is 0.791. The zero-order chi connectivity index (χ0) is 17.3. The highest BCUT2D eigenvalue weighted by Gasteiger charge is 2.22. The van der Waals surface area contributed by atoms with Crippen molar-refractivity contribution in [1.82, 2.24) is 4.90 Å². The molecule has 3 rings (SSSR count). The summed E-state index contributed by atoms with van der Waals surface area (Å²) in [6, 6.07) is 15.8. The molecule has 1 heterocycles. The van der Waals surface area contributed by atoms with Crippen molar-refractivity contribution in [3.05, 3.63) is 81.2 Å². The van der Waals surface area contributed by atoms with E-state index in [4.69, 9.17) is 16.0 Å². The minimum absolute atomic E-state index is 0.0250. The van der Waals surface area contributed by atoms with E-state index in [0.717, 1.165) is 5.56 Å². The van der Waals surface area contributed by atoms with Crippen LogP contribution in [0.4, 0.5) is 0 Å². The molecule has 5 heteroatoms. The molecule has 0 saturated heterocycles. The molecule has 0 aliphatic carbocycles. The quantitative estimate of drug-likeness (QED) is 0.668. The number of benzene rings is 2. The molecule has 0 saturated carbocycles. The Kier molecular flexibility index (Phi) is 4.40. The first-order valence-corrected chi connectivity index (χ1v) is 7.90. The number of hydrogen-bond acceptors (Lipinski definition) is 3. The van der Waals surface area contributed by atoms with E-state index in [-0.39, 0.29) is 17.5 Å². The Bertz CT molecular complexity index is 947. The normalized spacial score (nSPS) is 12.1. The molecule has 2 aromatic carbocycles. The SMILES string of the molecule is C[C@H](c1ccc(Cl)cc1)N(C)C(=O)c1cc2ccccc2oc1=O. The van der Waals surface area contributed by atoms with Gasteiger partial charge >= 0.3 is 5.63 Å². The third-order valence-corrected chi connectivity index (χ3v) is 4.38. The average Bonchev–Trinajstić information content (AvgIpc) is 2.60. The topological polar surface area (TPSA) is 50.5 Å². The standard InChI is InChI=1S/C19H16ClNO3/c1-12(13-7-9-15(20)10-8-13)21(2)18(22)16-11-14-5-3-4-6-17(14)24-19(16)23/h3-12H,1-2H3/t12-/m1/s1. The van der Waals surface area contributed by atoms with E-state index in [9.17, 15) is 9.59 Å². The number of carbonyl (C=O) groups excluding carboxylic acids is 1. The van der Waals surface area contributed by atoms with Gasteiger partial charge in [-0.3, -0.25) is 4.79 Å². The summed E-state index contributed by atoms with van der Waals surface area (Å²) < 4.78 is 5.24. The van der Waals surface area contributed by atoms with Crippen molar-refractivity contribution in [2.24, 2.45) is 0 Å². The summed E-state index contributed by atoms with van der Waals surface area (Å²) in [6.45, 7) is 1.89. The van der Waals surface area contributed by atoms with Gasteiger partial charge in [0.1, 0.15) is 11.1 Å². The lowest BCUT2D eigenvalue weighted by atomic mass is 10.1. The maximum Gasteiger partial charge on any atom is 0.349 e. The third-order valence-electron chi connectivity index (χ3n) is 4.13. The van der Waals surface area contributed by atoms with Crippen LogP contribution in [0.5, 0.6) is 0 Å². The molecular formula is C19H16ClNO3. The van der Waals surface area contributed by atoms with Crippen molar-refractivity contribution in [1.29, 1.82) is 0 Å². The minimum atomic E-state index is -0.631. The number of rotatable bonds is 3. The molecule has 4 nitrogen and oxygen atoms in total. The molecule has 0 fully saturated rings. The van der Waals surface area contributed by atoms with Crippen LogP contribution in [0.1, 0.15) is 28.9 Å². The van der Waals surface area contributed by atoms with Crippen LogP contribution in [0.2, 0.25) is 5.02 Å². The maximum absolute atomic E-state index is 12.7. The minimum Gasteiger partial charge on any atom is -0.422 e. The highest BCUT2D eigenvalue weighted by Crippen LogP contribution is 2.22. The number of amides is 1. The van der Waals surface area contributed by atoms with Gasteiger partial charge in [0.25, 0.3) is 5.91 Å². The van der Waals surface area contributed by atoms with Gasteiger partial charge in [-0.15, -0.1) is 0 Å². The number of nitrogens with zero attached hydrogens (tertiary/aromatic N) is 1. The number of halogens is 1. The van der Waals surface area contributed by atoms with Crippen molar-refractivity contribution >= 4 is 28.5 Å². The summed E-state index contributed by atoms with van der Waals surface area (Å²) in [5, 5.41) is 1.35. The molecule has 0 aliphatic rings. The van der Waals surface area contributed by atoms with Gasteiger partial charge in [-0.1, -0.05) is 41.9 Å². The molecular weight excluding hydrogens is 326 g/mol. The molecule has 3 aromatic rings. The van der Waals surface area contributed by atoms with Crippen LogP contribution >= 0.6 is 11.6 Å². The predicted octanol–water partition coefficient (Wildman–Crippen LogP) is 4.28. The number of para-hydroxylation sites is 1. The predicted molar refractivity (Wildman–Crippen MR) is 94.4 cm³/mol. The Balaban J connectivity index is 1.94. The van der Waals surface area contributed by atoms with Crippen LogP contribution < -0.4 is 5.63 Å². The molecule has 0 aliphatic heterocycles. The van der Waals surface area contributed by atoms with Gasteiger partial charge in [-0.2, -0.15) is 0 Å². The second-order valence-electron chi connectivity index (χ2n) is 5.63. The van der Waals surface area contributed by atoms with Crippen LogP contribution in [-0.2, 0) is 0 Å². The fourth-order valence-electron chi connectivity index (χ4n) is 2.54. The fraction of sp³-hybridized carbons (Fsp3) is 0.158. The Morgan fingerprint density at radius 1 is 1.12 bits per heavy atom. The van der Waals surface area contributed by atoms with Crippen LogP contribution in [0, 0.1) is 0 Å². The smallest absolute Gasteiger partial charge is 0.349 e. The lowest BCUT2D eigenvalue weighted by molar-refractivity contribution is 0.0738. The number of fused-ring (bicyclic) bond motifs is 1. The number of carbonyl (C=O) groups is 1. The van der Waals surface area contributed by atoms with Crippen molar-refractivity contribution in [3.8, 4) is 0 Å². The molecule has 1 atom stereocenters. The third kappa shape index (κ3) is 3.05. The van der Waals surface area contributed by atoms with Gasteiger partial charge in [0.2, 0.25) is 0 Å². The maximum atomic E-state index is 12.7. The molecule has 0 unspecified atom stereocenters. The fourth-order valence-corrected chi connectivity index (χ4v) is 2.67. The van der Waals surface area contributed by atoms with Gasteiger partial charge in [0.15, 0.2) is 0 Å². The highest BCUT2D eigenvalue weighted by molar-refractivity contribution is 6.30. The molecule has 0 N–H and O–H groups in total. The Morgan fingerprint density at radius 3 is 2.50 bits per heavy atom. The van der Waals surface area contributed by atoms with E-state index in [1.54, 1.807) is 43.4 Å². The Labute approximate surface area is 144 Å². The van der Waals surface area contributed by atoms with Gasteiger partial charge in [0.05, 0.1) is 6.04 Å². The Morgan fingerprint density at radius 2 is 1.79 bits per heavy atom. The first-order valence-electron chi connectivity index (χ1n) is 7.53. The summed E-state index contributed by atoms with van der Waals surface area (Å²) in [4.78, 5) is 26.4. The van der Waals surface area contributed by atoms with Crippen molar-refractivity contribution in [2.75, 3.05) is 7.05 Å². The van der Waals surface area contributed by atoms with E-state index in [0.29, 0.717) is 16.0 Å². The largest absolute Gasteiger partial charge is 0.422 e. The second kappa shape index (κ2) is 6.49. The molecule has 0 bridgehead atoms. The molecule has 122 valence electrons. The van der Waals surface area contributed by atoms with Crippen LogP contribution in [0.15, 0.2) is 63.8 Å². The summed E-state index contributed by atoms with van der Waals surface area (Å²) in [6.07, 6.45) is 0. The summed E-state index contributed by atoms with van der Waals surface area (Å²) >= 11 is 5.90. The first-order chi connectivity index (χ1) is 11.5. The molecule has 0 radical (unpaired) electrons. The van der Waals surface area contributed by atoms with Gasteiger partial charge in [0, 0.05) is 17.5 Å². The van der Waals surface area contributed by atoms with E-state index in [2.05, 4.69) is 0 Å². The zero-order valence-electron chi connectivity index (χ0n) is 13.3. The van der Waals surface area contributed by atoms with Crippen LogP contribution in [0.3, 0.4) is 0 Å². The second-order valence-corrected chi connectivity index (χ2v) is 6.07. The van der Waals surface area contributed by atoms with E-state index in [1.165, 1.54) is 4.90 Å². The number of hydrogen-bond donors (Lipinski definition) is 0. The summed E-state index contributed by atoms with van der Waals surface area (Å²) in [7, 11) is 1.66. The average molecular weight is 342 g/mol. The monoisotopic (exact) mass is 341 g/mol. The van der Waals surface area contributed by atoms with Crippen molar-refractivity contribution < 1.29 is 9.21 Å².